The second-order valence-corrected chi connectivity index (χ2v) is 5.42. The van der Waals surface area contributed by atoms with Crippen LogP contribution in [0.3, 0.4) is 0 Å². The lowest BCUT2D eigenvalue weighted by atomic mass is 9.98. The minimum absolute atomic E-state index is 0.395. The van der Waals surface area contributed by atoms with Crippen molar-refractivity contribution >= 4 is 27.7 Å². The van der Waals surface area contributed by atoms with Crippen LogP contribution in [-0.2, 0) is 0 Å². The molecule has 0 aliphatic heterocycles. The molecule has 5 nitrogen and oxygen atoms in total. The van der Waals surface area contributed by atoms with E-state index in [4.69, 9.17) is 5.84 Å². The molecule has 0 saturated heterocycles. The number of rotatable bonds is 6. The predicted octanol–water partition coefficient (Wildman–Crippen LogP) is 3.13. The molecule has 1 heterocycles. The van der Waals surface area contributed by atoms with Crippen LogP contribution in [0.15, 0.2) is 41.0 Å². The average Bonchev–Trinajstić information content (AvgIpc) is 2.50. The number of nitrogen functional groups attached to an aromatic ring is 1. The van der Waals surface area contributed by atoms with Crippen LogP contribution in [0.2, 0.25) is 0 Å². The number of aromatic nitrogens is 2. The second kappa shape index (κ2) is 7.21. The Labute approximate surface area is 127 Å². The van der Waals surface area contributed by atoms with E-state index in [9.17, 15) is 0 Å². The van der Waals surface area contributed by atoms with Gasteiger partial charge in [-0.1, -0.05) is 37.3 Å². The molecule has 1 aromatic heterocycles. The lowest BCUT2D eigenvalue weighted by molar-refractivity contribution is 0.704. The van der Waals surface area contributed by atoms with E-state index in [1.54, 1.807) is 6.20 Å². The van der Waals surface area contributed by atoms with Crippen LogP contribution in [-0.4, -0.2) is 16.5 Å². The van der Waals surface area contributed by atoms with E-state index in [2.05, 4.69) is 67.8 Å². The Bertz CT molecular complexity index is 547. The Balaban J connectivity index is 1.90. The number of nitrogens with one attached hydrogen (secondary N) is 2. The fraction of sp³-hybridized carbons (Fsp3) is 0.286. The Morgan fingerprint density at radius 1 is 1.30 bits per heavy atom. The number of hydrazine groups is 1. The van der Waals surface area contributed by atoms with E-state index < -0.39 is 0 Å². The van der Waals surface area contributed by atoms with Crippen molar-refractivity contribution in [3.05, 3.63) is 46.6 Å². The van der Waals surface area contributed by atoms with Crippen molar-refractivity contribution in [2.45, 2.75) is 19.3 Å². The molecule has 0 bridgehead atoms. The summed E-state index contributed by atoms with van der Waals surface area (Å²) in [6.45, 7) is 3.05. The lowest BCUT2D eigenvalue weighted by Crippen LogP contribution is -2.13. The molecule has 0 fully saturated rings. The van der Waals surface area contributed by atoms with Crippen LogP contribution in [0, 0.1) is 0 Å². The van der Waals surface area contributed by atoms with Crippen molar-refractivity contribution in [3.8, 4) is 0 Å². The highest BCUT2D eigenvalue weighted by molar-refractivity contribution is 9.10. The predicted molar refractivity (Wildman–Crippen MR) is 85.5 cm³/mol. The average molecular weight is 336 g/mol. The molecule has 0 amide bonds. The number of halogens is 1. The first-order chi connectivity index (χ1) is 9.70. The molecule has 1 unspecified atom stereocenters. The molecule has 0 spiro atoms. The molecule has 1 aromatic carbocycles. The van der Waals surface area contributed by atoms with Gasteiger partial charge in [-0.3, -0.25) is 5.43 Å². The first kappa shape index (κ1) is 14.7. The quantitative estimate of drug-likeness (QED) is 0.558. The molecule has 2 rings (SSSR count). The summed E-state index contributed by atoms with van der Waals surface area (Å²) in [5.74, 6) is 6.94. The van der Waals surface area contributed by atoms with Gasteiger partial charge in [0.1, 0.15) is 5.82 Å². The van der Waals surface area contributed by atoms with E-state index in [-0.39, 0.29) is 0 Å². The third-order valence-corrected chi connectivity index (χ3v) is 3.69. The van der Waals surface area contributed by atoms with Crippen LogP contribution in [0.1, 0.15) is 24.8 Å². The van der Waals surface area contributed by atoms with Crippen molar-refractivity contribution < 1.29 is 0 Å². The second-order valence-electron chi connectivity index (χ2n) is 4.56. The minimum Gasteiger partial charge on any atom is -0.369 e. The van der Waals surface area contributed by atoms with Gasteiger partial charge in [0.2, 0.25) is 5.95 Å². The minimum atomic E-state index is 0.395. The van der Waals surface area contributed by atoms with Crippen LogP contribution < -0.4 is 16.6 Å². The maximum Gasteiger partial charge on any atom is 0.239 e. The van der Waals surface area contributed by atoms with Gasteiger partial charge in [0.15, 0.2) is 0 Å². The Morgan fingerprint density at radius 3 is 2.75 bits per heavy atom. The Kier molecular flexibility index (Phi) is 5.31. The van der Waals surface area contributed by atoms with Crippen molar-refractivity contribution in [2.24, 2.45) is 5.84 Å². The molecule has 106 valence electrons. The SMILES string of the molecule is CC(CCNc1nc(NN)ncc1Br)c1ccccc1. The molecule has 0 aliphatic carbocycles. The highest BCUT2D eigenvalue weighted by Crippen LogP contribution is 2.22. The maximum atomic E-state index is 5.30. The summed E-state index contributed by atoms with van der Waals surface area (Å²) in [6, 6.07) is 10.5. The van der Waals surface area contributed by atoms with Gasteiger partial charge in [0.05, 0.1) is 4.47 Å². The molecule has 1 atom stereocenters. The van der Waals surface area contributed by atoms with Crippen molar-refractivity contribution in [2.75, 3.05) is 17.3 Å². The van der Waals surface area contributed by atoms with Gasteiger partial charge in [-0.15, -0.1) is 0 Å². The largest absolute Gasteiger partial charge is 0.369 e. The number of benzene rings is 1. The Morgan fingerprint density at radius 2 is 2.05 bits per heavy atom. The van der Waals surface area contributed by atoms with E-state index in [1.807, 2.05) is 6.07 Å². The van der Waals surface area contributed by atoms with E-state index in [1.165, 1.54) is 5.56 Å². The highest BCUT2D eigenvalue weighted by Gasteiger charge is 2.07. The summed E-state index contributed by atoms with van der Waals surface area (Å²) in [5, 5.41) is 3.29. The van der Waals surface area contributed by atoms with Crippen LogP contribution in [0.4, 0.5) is 11.8 Å². The van der Waals surface area contributed by atoms with Gasteiger partial charge in [0.25, 0.3) is 0 Å². The monoisotopic (exact) mass is 335 g/mol. The lowest BCUT2D eigenvalue weighted by Gasteiger charge is -2.13. The molecular formula is C14H18BrN5. The fourth-order valence-corrected chi connectivity index (χ4v) is 2.25. The Hall–Kier alpha value is -1.66. The standard InChI is InChI=1S/C14H18BrN5/c1-10(11-5-3-2-4-6-11)7-8-17-13-12(15)9-18-14(19-13)20-16/h2-6,9-10H,7-8,16H2,1H3,(H2,17,18,19,20). The molecule has 4 N–H and O–H groups in total. The van der Waals surface area contributed by atoms with Gasteiger partial charge >= 0.3 is 0 Å². The third kappa shape index (κ3) is 3.91. The summed E-state index contributed by atoms with van der Waals surface area (Å²) in [6.07, 6.45) is 2.69. The van der Waals surface area contributed by atoms with Crippen molar-refractivity contribution in [1.82, 2.24) is 9.97 Å². The van der Waals surface area contributed by atoms with Crippen molar-refractivity contribution in [3.63, 3.8) is 0 Å². The molecule has 0 aliphatic rings. The zero-order valence-corrected chi connectivity index (χ0v) is 12.9. The summed E-state index contributed by atoms with van der Waals surface area (Å²) in [5.41, 5.74) is 3.78. The molecular weight excluding hydrogens is 318 g/mol. The number of nitrogens with zero attached hydrogens (tertiary/aromatic N) is 2. The van der Waals surface area contributed by atoms with E-state index in [0.29, 0.717) is 11.9 Å². The van der Waals surface area contributed by atoms with Gasteiger partial charge in [-0.25, -0.2) is 10.8 Å². The molecule has 20 heavy (non-hydrogen) atoms. The maximum absolute atomic E-state index is 5.30. The van der Waals surface area contributed by atoms with Gasteiger partial charge in [-0.2, -0.15) is 4.98 Å². The highest BCUT2D eigenvalue weighted by atomic mass is 79.9. The summed E-state index contributed by atoms with van der Waals surface area (Å²) in [7, 11) is 0. The molecule has 0 radical (unpaired) electrons. The smallest absolute Gasteiger partial charge is 0.239 e. The number of hydrogen-bond acceptors (Lipinski definition) is 5. The normalized spacial score (nSPS) is 11.9. The molecule has 6 heteroatoms. The topological polar surface area (TPSA) is 75.9 Å². The molecule has 0 saturated carbocycles. The zero-order chi connectivity index (χ0) is 14.4. The van der Waals surface area contributed by atoms with Crippen molar-refractivity contribution in [1.29, 1.82) is 0 Å². The number of hydrogen-bond donors (Lipinski definition) is 3. The first-order valence-corrected chi connectivity index (χ1v) is 7.28. The third-order valence-electron chi connectivity index (χ3n) is 3.11. The summed E-state index contributed by atoms with van der Waals surface area (Å²) < 4.78 is 0.823. The van der Waals surface area contributed by atoms with Gasteiger partial charge < -0.3 is 5.32 Å². The summed E-state index contributed by atoms with van der Waals surface area (Å²) in [4.78, 5) is 8.27. The van der Waals surface area contributed by atoms with E-state index >= 15 is 0 Å². The number of anilines is 2. The summed E-state index contributed by atoms with van der Waals surface area (Å²) >= 11 is 3.42. The molecule has 2 aromatic rings. The zero-order valence-electron chi connectivity index (χ0n) is 11.3. The van der Waals surface area contributed by atoms with Crippen LogP contribution in [0.25, 0.3) is 0 Å². The van der Waals surface area contributed by atoms with E-state index in [0.717, 1.165) is 23.3 Å². The van der Waals surface area contributed by atoms with Gasteiger partial charge in [0, 0.05) is 12.7 Å². The first-order valence-electron chi connectivity index (χ1n) is 6.48. The van der Waals surface area contributed by atoms with Crippen LogP contribution in [0.5, 0.6) is 0 Å². The van der Waals surface area contributed by atoms with Crippen LogP contribution >= 0.6 is 15.9 Å². The van der Waals surface area contributed by atoms with Gasteiger partial charge in [-0.05, 0) is 33.8 Å². The number of nitrogens with two attached hydrogens (primary N) is 1. The fourth-order valence-electron chi connectivity index (χ4n) is 1.92.